The normalized spacial score (nSPS) is 15.9. The standard InChI is InChI=1S/C16H23NO3/c1-10-7-15(20-3)11(2)6-12(10)8-14(9-16(18)19)17-13-4-5-13/h6-7,13-14,17H,4-5,8-9H2,1-3H3,(H,18,19). The smallest absolute Gasteiger partial charge is 0.304 e. The molecule has 1 aromatic rings. The van der Waals surface area contributed by atoms with Crippen LogP contribution in [-0.2, 0) is 11.2 Å². The highest BCUT2D eigenvalue weighted by molar-refractivity contribution is 5.67. The molecule has 1 unspecified atom stereocenters. The Bertz CT molecular complexity index is 495. The minimum Gasteiger partial charge on any atom is -0.496 e. The Morgan fingerprint density at radius 3 is 2.65 bits per heavy atom. The summed E-state index contributed by atoms with van der Waals surface area (Å²) in [6.45, 7) is 4.06. The van der Waals surface area contributed by atoms with Crippen molar-refractivity contribution in [1.82, 2.24) is 5.32 Å². The molecule has 0 aliphatic heterocycles. The maximum absolute atomic E-state index is 11.0. The lowest BCUT2D eigenvalue weighted by Crippen LogP contribution is -2.35. The Labute approximate surface area is 120 Å². The van der Waals surface area contributed by atoms with Gasteiger partial charge < -0.3 is 15.2 Å². The van der Waals surface area contributed by atoms with Gasteiger partial charge in [0.05, 0.1) is 13.5 Å². The number of benzene rings is 1. The molecule has 1 saturated carbocycles. The average molecular weight is 277 g/mol. The van der Waals surface area contributed by atoms with Crippen molar-refractivity contribution < 1.29 is 14.6 Å². The third-order valence-electron chi connectivity index (χ3n) is 3.79. The van der Waals surface area contributed by atoms with E-state index in [2.05, 4.69) is 11.4 Å². The van der Waals surface area contributed by atoms with E-state index in [-0.39, 0.29) is 12.5 Å². The van der Waals surface area contributed by atoms with Crippen molar-refractivity contribution in [3.05, 3.63) is 28.8 Å². The highest BCUT2D eigenvalue weighted by atomic mass is 16.5. The van der Waals surface area contributed by atoms with E-state index in [1.165, 1.54) is 5.56 Å². The summed E-state index contributed by atoms with van der Waals surface area (Å²) in [6, 6.07) is 4.66. The highest BCUT2D eigenvalue weighted by Gasteiger charge is 2.26. The maximum atomic E-state index is 11.0. The summed E-state index contributed by atoms with van der Waals surface area (Å²) >= 11 is 0. The van der Waals surface area contributed by atoms with Crippen LogP contribution in [-0.4, -0.2) is 30.3 Å². The van der Waals surface area contributed by atoms with E-state index in [1.54, 1.807) is 7.11 Å². The molecule has 2 rings (SSSR count). The van der Waals surface area contributed by atoms with E-state index in [4.69, 9.17) is 9.84 Å². The molecule has 0 amide bonds. The molecule has 0 saturated heterocycles. The second-order valence-corrected chi connectivity index (χ2v) is 5.69. The minimum atomic E-state index is -0.744. The number of nitrogens with one attached hydrogen (secondary N) is 1. The predicted molar refractivity (Wildman–Crippen MR) is 78.4 cm³/mol. The van der Waals surface area contributed by atoms with Gasteiger partial charge in [-0.15, -0.1) is 0 Å². The number of carbonyl (C=O) groups is 1. The minimum absolute atomic E-state index is 0.00601. The van der Waals surface area contributed by atoms with Crippen molar-refractivity contribution >= 4 is 5.97 Å². The Balaban J connectivity index is 2.12. The van der Waals surface area contributed by atoms with Crippen molar-refractivity contribution in [2.75, 3.05) is 7.11 Å². The van der Waals surface area contributed by atoms with E-state index in [0.717, 1.165) is 36.1 Å². The fourth-order valence-corrected chi connectivity index (χ4v) is 2.54. The van der Waals surface area contributed by atoms with Crippen LogP contribution in [0.25, 0.3) is 0 Å². The Hall–Kier alpha value is -1.55. The Morgan fingerprint density at radius 2 is 2.10 bits per heavy atom. The molecule has 1 aromatic carbocycles. The number of carboxylic acid groups (broad SMARTS) is 1. The van der Waals surface area contributed by atoms with Crippen LogP contribution in [0.15, 0.2) is 12.1 Å². The van der Waals surface area contributed by atoms with Crippen LogP contribution in [0.4, 0.5) is 0 Å². The van der Waals surface area contributed by atoms with E-state index in [9.17, 15) is 4.79 Å². The third-order valence-corrected chi connectivity index (χ3v) is 3.79. The molecule has 1 atom stereocenters. The van der Waals surface area contributed by atoms with Crippen LogP contribution in [0.1, 0.15) is 36.0 Å². The fourth-order valence-electron chi connectivity index (χ4n) is 2.54. The zero-order chi connectivity index (χ0) is 14.7. The largest absolute Gasteiger partial charge is 0.496 e. The van der Waals surface area contributed by atoms with Gasteiger partial charge in [-0.25, -0.2) is 0 Å². The average Bonchev–Trinajstić information content (AvgIpc) is 3.16. The van der Waals surface area contributed by atoms with Crippen molar-refractivity contribution in [1.29, 1.82) is 0 Å². The molecule has 1 aliphatic carbocycles. The van der Waals surface area contributed by atoms with E-state index < -0.39 is 5.97 Å². The van der Waals surface area contributed by atoms with Crippen LogP contribution in [0.2, 0.25) is 0 Å². The molecule has 0 bridgehead atoms. The second kappa shape index (κ2) is 6.27. The van der Waals surface area contributed by atoms with Gasteiger partial charge in [-0.2, -0.15) is 0 Å². The number of ether oxygens (including phenoxy) is 1. The van der Waals surface area contributed by atoms with E-state index >= 15 is 0 Å². The van der Waals surface area contributed by atoms with Crippen molar-refractivity contribution in [3.63, 3.8) is 0 Å². The summed E-state index contributed by atoms with van der Waals surface area (Å²) in [5, 5.41) is 12.5. The topological polar surface area (TPSA) is 58.6 Å². The van der Waals surface area contributed by atoms with Gasteiger partial charge in [0.2, 0.25) is 0 Å². The first-order chi connectivity index (χ1) is 9.49. The SMILES string of the molecule is COc1cc(C)c(CC(CC(=O)O)NC2CC2)cc1C. The van der Waals surface area contributed by atoms with Gasteiger partial charge in [-0.1, -0.05) is 6.07 Å². The van der Waals surface area contributed by atoms with Crippen molar-refractivity contribution in [2.45, 2.75) is 51.6 Å². The third kappa shape index (κ3) is 3.97. The van der Waals surface area contributed by atoms with Crippen molar-refractivity contribution in [3.8, 4) is 5.75 Å². The summed E-state index contributed by atoms with van der Waals surface area (Å²) in [7, 11) is 1.67. The summed E-state index contributed by atoms with van der Waals surface area (Å²) in [5.41, 5.74) is 3.44. The number of rotatable bonds is 7. The quantitative estimate of drug-likeness (QED) is 0.803. The van der Waals surface area contributed by atoms with Crippen LogP contribution in [0.3, 0.4) is 0 Å². The van der Waals surface area contributed by atoms with Gasteiger partial charge in [-0.3, -0.25) is 4.79 Å². The molecule has 2 N–H and O–H groups in total. The first kappa shape index (κ1) is 14.9. The molecular formula is C16H23NO3. The number of carboxylic acids is 1. The summed E-state index contributed by atoms with van der Waals surface area (Å²) in [6.07, 6.45) is 3.24. The van der Waals surface area contributed by atoms with E-state index in [1.807, 2.05) is 19.9 Å². The number of methoxy groups -OCH3 is 1. The number of hydrogen-bond acceptors (Lipinski definition) is 3. The summed E-state index contributed by atoms with van der Waals surface area (Å²) < 4.78 is 5.32. The monoisotopic (exact) mass is 277 g/mol. The highest BCUT2D eigenvalue weighted by Crippen LogP contribution is 2.25. The molecule has 20 heavy (non-hydrogen) atoms. The molecule has 0 radical (unpaired) electrons. The van der Waals surface area contributed by atoms with Gasteiger partial charge in [0.15, 0.2) is 0 Å². The zero-order valence-corrected chi connectivity index (χ0v) is 12.4. The molecule has 1 fully saturated rings. The molecule has 0 heterocycles. The lowest BCUT2D eigenvalue weighted by Gasteiger charge is -2.19. The van der Waals surface area contributed by atoms with Crippen molar-refractivity contribution in [2.24, 2.45) is 0 Å². The van der Waals surface area contributed by atoms with Gasteiger partial charge >= 0.3 is 5.97 Å². The van der Waals surface area contributed by atoms with Crippen LogP contribution < -0.4 is 10.1 Å². The molecule has 0 spiro atoms. The first-order valence-electron chi connectivity index (χ1n) is 7.11. The van der Waals surface area contributed by atoms with E-state index in [0.29, 0.717) is 6.04 Å². The second-order valence-electron chi connectivity index (χ2n) is 5.69. The van der Waals surface area contributed by atoms with Gasteiger partial charge in [0.1, 0.15) is 5.75 Å². The molecule has 0 aromatic heterocycles. The number of aryl methyl sites for hydroxylation is 2. The van der Waals surface area contributed by atoms with Crippen LogP contribution in [0.5, 0.6) is 5.75 Å². The summed E-state index contributed by atoms with van der Waals surface area (Å²) in [5.74, 6) is 0.141. The summed E-state index contributed by atoms with van der Waals surface area (Å²) in [4.78, 5) is 11.0. The van der Waals surface area contributed by atoms with Gasteiger partial charge in [0, 0.05) is 12.1 Å². The fraction of sp³-hybridized carbons (Fsp3) is 0.562. The Morgan fingerprint density at radius 1 is 1.40 bits per heavy atom. The number of hydrogen-bond donors (Lipinski definition) is 2. The molecular weight excluding hydrogens is 254 g/mol. The number of aliphatic carboxylic acids is 1. The van der Waals surface area contributed by atoms with Gasteiger partial charge in [-0.05, 0) is 55.9 Å². The van der Waals surface area contributed by atoms with Crippen LogP contribution >= 0.6 is 0 Å². The maximum Gasteiger partial charge on any atom is 0.304 e. The molecule has 110 valence electrons. The predicted octanol–water partition coefficient (Wildman–Crippen LogP) is 2.45. The molecule has 4 heteroatoms. The lowest BCUT2D eigenvalue weighted by atomic mass is 9.96. The Kier molecular flexibility index (Phi) is 4.65. The zero-order valence-electron chi connectivity index (χ0n) is 12.4. The van der Waals surface area contributed by atoms with Gasteiger partial charge in [0.25, 0.3) is 0 Å². The molecule has 1 aliphatic rings. The van der Waals surface area contributed by atoms with Crippen LogP contribution in [0, 0.1) is 13.8 Å². The molecule has 4 nitrogen and oxygen atoms in total. The lowest BCUT2D eigenvalue weighted by molar-refractivity contribution is -0.137. The first-order valence-corrected chi connectivity index (χ1v) is 7.11.